The number of ether oxygens (including phenoxy) is 4. The molecule has 1 N–H and O–H groups in total. The van der Waals surface area contributed by atoms with Crippen LogP contribution >= 0.6 is 0 Å². The predicted octanol–water partition coefficient (Wildman–Crippen LogP) is 3.77. The Morgan fingerprint density at radius 3 is 2.41 bits per heavy atom. The third kappa shape index (κ3) is 5.09. The van der Waals surface area contributed by atoms with Gasteiger partial charge in [-0.2, -0.15) is 5.10 Å². The molecule has 0 saturated carbocycles. The van der Waals surface area contributed by atoms with E-state index in [9.17, 15) is 4.79 Å². The number of aromatic nitrogens is 2. The maximum Gasteiger partial charge on any atom is 0.280 e. The minimum Gasteiger partial charge on any atom is -0.493 e. The number of carbonyl (C=O) groups excluding carboxylic acids is 1. The number of amides is 1. The summed E-state index contributed by atoms with van der Waals surface area (Å²) in [6, 6.07) is 13.3. The fraction of sp³-hybridized carbons (Fsp3) is 0.360. The summed E-state index contributed by atoms with van der Waals surface area (Å²) in [5, 5.41) is 7.40. The average Bonchev–Trinajstić information content (AvgIpc) is 3.32. The third-order valence-corrected chi connectivity index (χ3v) is 5.40. The summed E-state index contributed by atoms with van der Waals surface area (Å²) < 4.78 is 24.3. The van der Waals surface area contributed by atoms with Crippen LogP contribution < -0.4 is 24.4 Å². The molecule has 34 heavy (non-hydrogen) atoms. The number of nitrogens with one attached hydrogen (secondary N) is 1. The minimum atomic E-state index is -0.408. The molecule has 4 rings (SSSR count). The van der Waals surface area contributed by atoms with Gasteiger partial charge in [0.2, 0.25) is 0 Å². The first-order valence-electron chi connectivity index (χ1n) is 11.4. The molecule has 3 aromatic rings. The highest BCUT2D eigenvalue weighted by Crippen LogP contribution is 2.39. The number of benzene rings is 2. The average molecular weight is 467 g/mol. The van der Waals surface area contributed by atoms with Gasteiger partial charge < -0.3 is 29.2 Å². The van der Waals surface area contributed by atoms with Crippen molar-refractivity contribution in [1.82, 2.24) is 9.78 Å². The van der Waals surface area contributed by atoms with Crippen LogP contribution in [0.2, 0.25) is 0 Å². The molecule has 0 unspecified atom stereocenters. The van der Waals surface area contributed by atoms with Gasteiger partial charge in [-0.15, -0.1) is 0 Å². The van der Waals surface area contributed by atoms with E-state index in [1.54, 1.807) is 16.9 Å². The summed E-state index contributed by atoms with van der Waals surface area (Å²) in [4.78, 5) is 15.5. The largest absolute Gasteiger partial charge is 0.493 e. The first kappa shape index (κ1) is 23.4. The second-order valence-corrected chi connectivity index (χ2v) is 7.56. The van der Waals surface area contributed by atoms with Crippen molar-refractivity contribution < 1.29 is 23.7 Å². The Morgan fingerprint density at radius 2 is 1.74 bits per heavy atom. The predicted molar refractivity (Wildman–Crippen MR) is 130 cm³/mol. The fourth-order valence-corrected chi connectivity index (χ4v) is 3.80. The first-order valence-corrected chi connectivity index (χ1v) is 11.4. The molecule has 1 aliphatic heterocycles. The highest BCUT2D eigenvalue weighted by molar-refractivity contribution is 6.05. The van der Waals surface area contributed by atoms with Crippen LogP contribution in [0.4, 0.5) is 11.4 Å². The van der Waals surface area contributed by atoms with Gasteiger partial charge in [0.05, 0.1) is 56.8 Å². The van der Waals surface area contributed by atoms with Gasteiger partial charge in [-0.25, -0.2) is 4.68 Å². The molecule has 0 bridgehead atoms. The van der Waals surface area contributed by atoms with Crippen LogP contribution in [-0.4, -0.2) is 62.3 Å². The molecule has 0 radical (unpaired) electrons. The molecule has 180 valence electrons. The summed E-state index contributed by atoms with van der Waals surface area (Å²) >= 11 is 0. The van der Waals surface area contributed by atoms with Crippen LogP contribution in [0.25, 0.3) is 5.69 Å². The summed E-state index contributed by atoms with van der Waals surface area (Å²) in [7, 11) is 1.51. The van der Waals surface area contributed by atoms with Gasteiger partial charge in [0, 0.05) is 25.2 Å². The molecule has 1 saturated heterocycles. The van der Waals surface area contributed by atoms with Crippen LogP contribution in [-0.2, 0) is 4.74 Å². The first-order chi connectivity index (χ1) is 16.6. The maximum atomic E-state index is 13.3. The number of methoxy groups -OCH3 is 1. The molecule has 0 atom stereocenters. The topological polar surface area (TPSA) is 87.1 Å². The molecule has 0 spiro atoms. The van der Waals surface area contributed by atoms with Crippen molar-refractivity contribution >= 4 is 17.3 Å². The zero-order valence-electron chi connectivity index (χ0n) is 19.7. The van der Waals surface area contributed by atoms with E-state index in [0.29, 0.717) is 49.4 Å². The maximum absolute atomic E-state index is 13.3. The van der Waals surface area contributed by atoms with E-state index >= 15 is 0 Å². The standard InChI is InChI=1S/C25H30N4O5/c1-4-33-21-16-20(28-11-13-32-14-12-28)22(34-5-2)15-19(21)26-25(30)24-23(31-3)17-29(27-24)18-9-7-6-8-10-18/h6-10,15-17H,4-5,11-14H2,1-3H3,(H,26,30). The SMILES string of the molecule is CCOc1cc(N2CCOCC2)c(OCC)cc1NC(=O)c1nn(-c2ccccc2)cc1OC. The van der Waals surface area contributed by atoms with Crippen LogP contribution in [0.5, 0.6) is 17.2 Å². The fourth-order valence-electron chi connectivity index (χ4n) is 3.80. The number of carbonyl (C=O) groups is 1. The molecule has 1 amide bonds. The lowest BCUT2D eigenvalue weighted by molar-refractivity contribution is 0.101. The number of hydrogen-bond donors (Lipinski definition) is 1. The van der Waals surface area contributed by atoms with E-state index in [2.05, 4.69) is 15.3 Å². The molecule has 0 aliphatic carbocycles. The van der Waals surface area contributed by atoms with Crippen molar-refractivity contribution in [2.45, 2.75) is 13.8 Å². The van der Waals surface area contributed by atoms with Gasteiger partial charge in [-0.1, -0.05) is 18.2 Å². The number of hydrogen-bond acceptors (Lipinski definition) is 7. The van der Waals surface area contributed by atoms with Gasteiger partial charge >= 0.3 is 0 Å². The Balaban J connectivity index is 1.66. The molecule has 1 fully saturated rings. The lowest BCUT2D eigenvalue weighted by atomic mass is 10.2. The summed E-state index contributed by atoms with van der Waals surface area (Å²) in [5.74, 6) is 1.19. The minimum absolute atomic E-state index is 0.170. The third-order valence-electron chi connectivity index (χ3n) is 5.40. The second kappa shape index (κ2) is 10.9. The van der Waals surface area contributed by atoms with Gasteiger partial charge in [0.15, 0.2) is 11.4 Å². The smallest absolute Gasteiger partial charge is 0.280 e. The van der Waals surface area contributed by atoms with Crippen LogP contribution in [0, 0.1) is 0 Å². The van der Waals surface area contributed by atoms with E-state index in [4.69, 9.17) is 18.9 Å². The molecular weight excluding hydrogens is 436 g/mol. The van der Waals surface area contributed by atoms with Crippen LogP contribution in [0.15, 0.2) is 48.7 Å². The highest BCUT2D eigenvalue weighted by atomic mass is 16.5. The molecule has 9 nitrogen and oxygen atoms in total. The Bertz CT molecular complexity index is 1110. The van der Waals surface area contributed by atoms with Crippen LogP contribution in [0.1, 0.15) is 24.3 Å². The van der Waals surface area contributed by atoms with Crippen molar-refractivity contribution in [3.05, 3.63) is 54.4 Å². The van der Waals surface area contributed by atoms with E-state index < -0.39 is 5.91 Å². The number of anilines is 2. The van der Waals surface area contributed by atoms with Gasteiger partial charge in [0.25, 0.3) is 5.91 Å². The molecule has 9 heteroatoms. The monoisotopic (exact) mass is 466 g/mol. The van der Waals surface area contributed by atoms with Gasteiger partial charge in [-0.05, 0) is 26.0 Å². The van der Waals surface area contributed by atoms with E-state index in [-0.39, 0.29) is 5.69 Å². The Labute approximate surface area is 199 Å². The zero-order chi connectivity index (χ0) is 23.9. The van der Waals surface area contributed by atoms with Gasteiger partial charge in [-0.3, -0.25) is 4.79 Å². The Hall–Kier alpha value is -3.72. The molecule has 2 aromatic carbocycles. The highest BCUT2D eigenvalue weighted by Gasteiger charge is 2.23. The summed E-state index contributed by atoms with van der Waals surface area (Å²) in [6.45, 7) is 7.59. The number of rotatable bonds is 9. The van der Waals surface area contributed by atoms with E-state index in [0.717, 1.165) is 24.5 Å². The lowest BCUT2D eigenvalue weighted by Gasteiger charge is -2.31. The van der Waals surface area contributed by atoms with Crippen LogP contribution in [0.3, 0.4) is 0 Å². The molecule has 1 aromatic heterocycles. The van der Waals surface area contributed by atoms with Crippen molar-refractivity contribution in [3.63, 3.8) is 0 Å². The molecular formula is C25H30N4O5. The van der Waals surface area contributed by atoms with E-state index in [1.165, 1.54) is 7.11 Å². The Morgan fingerprint density at radius 1 is 1.03 bits per heavy atom. The summed E-state index contributed by atoms with van der Waals surface area (Å²) in [6.07, 6.45) is 1.68. The van der Waals surface area contributed by atoms with Crippen molar-refractivity contribution in [1.29, 1.82) is 0 Å². The van der Waals surface area contributed by atoms with Gasteiger partial charge in [0.1, 0.15) is 11.5 Å². The second-order valence-electron chi connectivity index (χ2n) is 7.56. The van der Waals surface area contributed by atoms with Crippen molar-refractivity contribution in [2.75, 3.05) is 56.8 Å². The normalized spacial score (nSPS) is 13.4. The zero-order valence-corrected chi connectivity index (χ0v) is 19.7. The quantitative estimate of drug-likeness (QED) is 0.514. The van der Waals surface area contributed by atoms with Crippen molar-refractivity contribution in [2.24, 2.45) is 0 Å². The number of para-hydroxylation sites is 1. The number of morpholine rings is 1. The lowest BCUT2D eigenvalue weighted by Crippen LogP contribution is -2.36. The van der Waals surface area contributed by atoms with E-state index in [1.807, 2.05) is 50.2 Å². The summed E-state index contributed by atoms with van der Waals surface area (Å²) in [5.41, 5.74) is 2.41. The van der Waals surface area contributed by atoms with Crippen molar-refractivity contribution in [3.8, 4) is 22.9 Å². The number of nitrogens with zero attached hydrogens (tertiary/aromatic N) is 3. The molecule has 1 aliphatic rings. The Kier molecular flexibility index (Phi) is 7.54. The molecule has 2 heterocycles.